The molecule has 0 saturated carbocycles. The van der Waals surface area contributed by atoms with Crippen LogP contribution in [0.1, 0.15) is 33.6 Å². The zero-order valence-electron chi connectivity index (χ0n) is 8.21. The third-order valence-electron chi connectivity index (χ3n) is 1.75. The number of carbonyl (C=O) groups is 1. The molecule has 0 aliphatic carbocycles. The van der Waals surface area contributed by atoms with Crippen LogP contribution < -0.4 is 11.5 Å². The van der Waals surface area contributed by atoms with Gasteiger partial charge < -0.3 is 11.5 Å². The molecule has 0 aromatic rings. The maximum atomic E-state index is 11.1. The highest BCUT2D eigenvalue weighted by molar-refractivity contribution is 5.83. The molecule has 0 rings (SSSR count). The molecule has 2 atom stereocenters. The Morgan fingerprint density at radius 3 is 2.08 bits per heavy atom. The van der Waals surface area contributed by atoms with Gasteiger partial charge in [-0.15, -0.1) is 0 Å². The van der Waals surface area contributed by atoms with Crippen LogP contribution in [-0.4, -0.2) is 17.9 Å². The maximum absolute atomic E-state index is 11.1. The van der Waals surface area contributed by atoms with E-state index in [2.05, 4.69) is 13.8 Å². The van der Waals surface area contributed by atoms with Crippen molar-refractivity contribution < 1.29 is 4.79 Å². The van der Waals surface area contributed by atoms with E-state index in [0.29, 0.717) is 12.3 Å². The summed E-state index contributed by atoms with van der Waals surface area (Å²) in [6.45, 7) is 5.89. The van der Waals surface area contributed by atoms with E-state index in [1.165, 1.54) is 0 Å². The van der Waals surface area contributed by atoms with E-state index in [-0.39, 0.29) is 17.9 Å². The zero-order chi connectivity index (χ0) is 9.72. The predicted octanol–water partition coefficient (Wildman–Crippen LogP) is 0.666. The van der Waals surface area contributed by atoms with Gasteiger partial charge in [-0.2, -0.15) is 0 Å². The topological polar surface area (TPSA) is 69.1 Å². The molecular weight excluding hydrogens is 152 g/mol. The second-order valence-electron chi connectivity index (χ2n) is 3.85. The van der Waals surface area contributed by atoms with Crippen molar-refractivity contribution in [2.24, 2.45) is 17.4 Å². The number of Topliss-reactive ketones (excluding diaryl/α,β-unsaturated/α-hetero) is 1. The van der Waals surface area contributed by atoms with Gasteiger partial charge in [0.05, 0.1) is 6.04 Å². The van der Waals surface area contributed by atoms with E-state index < -0.39 is 0 Å². The van der Waals surface area contributed by atoms with E-state index in [1.807, 2.05) is 0 Å². The molecule has 3 nitrogen and oxygen atoms in total. The first-order chi connectivity index (χ1) is 5.43. The molecule has 0 aromatic heterocycles. The maximum Gasteiger partial charge on any atom is 0.150 e. The first-order valence-corrected chi connectivity index (χ1v) is 4.47. The van der Waals surface area contributed by atoms with Gasteiger partial charge in [0, 0.05) is 12.5 Å². The Kier molecular flexibility index (Phi) is 5.09. The fraction of sp³-hybridized carbons (Fsp3) is 0.889. The zero-order valence-corrected chi connectivity index (χ0v) is 8.21. The van der Waals surface area contributed by atoms with E-state index in [0.717, 1.165) is 6.42 Å². The minimum absolute atomic E-state index is 0.0245. The molecule has 3 heteroatoms. The van der Waals surface area contributed by atoms with Gasteiger partial charge >= 0.3 is 0 Å². The summed E-state index contributed by atoms with van der Waals surface area (Å²) in [4.78, 5) is 11.1. The summed E-state index contributed by atoms with van der Waals surface area (Å²) in [5.74, 6) is 0.601. The quantitative estimate of drug-likeness (QED) is 0.640. The van der Waals surface area contributed by atoms with Crippen molar-refractivity contribution in [1.29, 1.82) is 0 Å². The lowest BCUT2D eigenvalue weighted by molar-refractivity contribution is -0.120. The van der Waals surface area contributed by atoms with E-state index >= 15 is 0 Å². The lowest BCUT2D eigenvalue weighted by Crippen LogP contribution is -2.33. The Morgan fingerprint density at radius 1 is 1.25 bits per heavy atom. The molecule has 4 N–H and O–H groups in total. The van der Waals surface area contributed by atoms with Crippen molar-refractivity contribution in [3.63, 3.8) is 0 Å². The average molecular weight is 172 g/mol. The summed E-state index contributed by atoms with van der Waals surface area (Å²) in [6.07, 6.45) is 1.30. The highest BCUT2D eigenvalue weighted by Crippen LogP contribution is 2.06. The van der Waals surface area contributed by atoms with E-state index in [1.54, 1.807) is 6.92 Å². The van der Waals surface area contributed by atoms with Crippen LogP contribution in [0.2, 0.25) is 0 Å². The summed E-state index contributed by atoms with van der Waals surface area (Å²) in [5, 5.41) is 0. The molecule has 0 aromatic carbocycles. The van der Waals surface area contributed by atoms with Crippen LogP contribution in [-0.2, 0) is 4.79 Å². The fourth-order valence-electron chi connectivity index (χ4n) is 1.13. The Labute approximate surface area is 74.5 Å². The van der Waals surface area contributed by atoms with Gasteiger partial charge in [0.25, 0.3) is 0 Å². The molecule has 0 fully saturated rings. The number of rotatable bonds is 5. The van der Waals surface area contributed by atoms with Crippen LogP contribution in [0.25, 0.3) is 0 Å². The van der Waals surface area contributed by atoms with E-state index in [4.69, 9.17) is 11.5 Å². The van der Waals surface area contributed by atoms with Crippen molar-refractivity contribution in [2.45, 2.75) is 45.7 Å². The Hall–Kier alpha value is -0.410. The summed E-state index contributed by atoms with van der Waals surface area (Å²) in [6, 6.07) is -0.397. The number of carbonyl (C=O) groups excluding carboxylic acids is 1. The molecule has 0 aliphatic rings. The first-order valence-electron chi connectivity index (χ1n) is 4.47. The van der Waals surface area contributed by atoms with Gasteiger partial charge in [-0.05, 0) is 19.3 Å². The number of nitrogens with two attached hydrogens (primary N) is 2. The van der Waals surface area contributed by atoms with Crippen LogP contribution in [0, 0.1) is 5.92 Å². The largest absolute Gasteiger partial charge is 0.327 e. The van der Waals surface area contributed by atoms with Crippen LogP contribution in [0.3, 0.4) is 0 Å². The summed E-state index contributed by atoms with van der Waals surface area (Å²) >= 11 is 0. The van der Waals surface area contributed by atoms with Crippen LogP contribution >= 0.6 is 0 Å². The van der Waals surface area contributed by atoms with Crippen LogP contribution in [0.4, 0.5) is 0 Å². The SMILES string of the molecule is CC(C)CC(N)CC(=O)C(C)N. The fourth-order valence-corrected chi connectivity index (χ4v) is 1.13. The summed E-state index contributed by atoms with van der Waals surface area (Å²) < 4.78 is 0. The summed E-state index contributed by atoms with van der Waals surface area (Å²) in [5.41, 5.74) is 11.1. The second-order valence-corrected chi connectivity index (χ2v) is 3.85. The monoisotopic (exact) mass is 172 g/mol. The molecule has 0 amide bonds. The van der Waals surface area contributed by atoms with Gasteiger partial charge in [0.15, 0.2) is 5.78 Å². The van der Waals surface area contributed by atoms with Crippen molar-refractivity contribution in [1.82, 2.24) is 0 Å². The molecule has 72 valence electrons. The molecule has 12 heavy (non-hydrogen) atoms. The third kappa shape index (κ3) is 5.27. The molecule has 0 bridgehead atoms. The minimum atomic E-state index is -0.372. The normalized spacial score (nSPS) is 16.2. The van der Waals surface area contributed by atoms with Crippen molar-refractivity contribution >= 4 is 5.78 Å². The highest BCUT2D eigenvalue weighted by atomic mass is 16.1. The first kappa shape index (κ1) is 11.6. The molecule has 0 radical (unpaired) electrons. The Morgan fingerprint density at radius 2 is 1.75 bits per heavy atom. The molecule has 0 heterocycles. The second kappa shape index (κ2) is 5.27. The average Bonchev–Trinajstić information content (AvgIpc) is 1.84. The predicted molar refractivity (Wildman–Crippen MR) is 50.7 cm³/mol. The van der Waals surface area contributed by atoms with Crippen molar-refractivity contribution in [2.75, 3.05) is 0 Å². The Balaban J connectivity index is 3.69. The molecular formula is C9H20N2O. The Bertz CT molecular complexity index is 143. The molecule has 2 unspecified atom stereocenters. The number of ketones is 1. The lowest BCUT2D eigenvalue weighted by atomic mass is 9.98. The minimum Gasteiger partial charge on any atom is -0.327 e. The van der Waals surface area contributed by atoms with E-state index in [9.17, 15) is 4.79 Å². The molecule has 0 spiro atoms. The van der Waals surface area contributed by atoms with Gasteiger partial charge in [0.2, 0.25) is 0 Å². The third-order valence-corrected chi connectivity index (χ3v) is 1.75. The smallest absolute Gasteiger partial charge is 0.150 e. The molecule has 0 aliphatic heterocycles. The van der Waals surface area contributed by atoms with Crippen LogP contribution in [0.15, 0.2) is 0 Å². The number of hydrogen-bond acceptors (Lipinski definition) is 3. The van der Waals surface area contributed by atoms with Crippen molar-refractivity contribution in [3.05, 3.63) is 0 Å². The van der Waals surface area contributed by atoms with Gasteiger partial charge in [-0.1, -0.05) is 13.8 Å². The number of hydrogen-bond donors (Lipinski definition) is 2. The van der Waals surface area contributed by atoms with Crippen LogP contribution in [0.5, 0.6) is 0 Å². The molecule has 0 saturated heterocycles. The standard InChI is InChI=1S/C9H20N2O/c1-6(2)4-8(11)5-9(12)7(3)10/h6-8H,4-5,10-11H2,1-3H3. The summed E-state index contributed by atoms with van der Waals surface area (Å²) in [7, 11) is 0. The van der Waals surface area contributed by atoms with Crippen molar-refractivity contribution in [3.8, 4) is 0 Å². The van der Waals surface area contributed by atoms with Gasteiger partial charge in [0.1, 0.15) is 0 Å². The lowest BCUT2D eigenvalue weighted by Gasteiger charge is -2.14. The van der Waals surface area contributed by atoms with Gasteiger partial charge in [-0.25, -0.2) is 0 Å². The van der Waals surface area contributed by atoms with Gasteiger partial charge in [-0.3, -0.25) is 4.79 Å². The highest BCUT2D eigenvalue weighted by Gasteiger charge is 2.13.